The number of rotatable bonds is 6. The van der Waals surface area contributed by atoms with Gasteiger partial charge in [0.05, 0.1) is 24.9 Å². The minimum atomic E-state index is -1.44. The highest BCUT2D eigenvalue weighted by Crippen LogP contribution is 2.31. The fourth-order valence-corrected chi connectivity index (χ4v) is 3.78. The quantitative estimate of drug-likeness (QED) is 0.274. The Morgan fingerprint density at radius 2 is 1.55 bits per heavy atom. The van der Waals surface area contributed by atoms with E-state index in [0.717, 1.165) is 0 Å². The molecule has 0 aliphatic carbocycles. The highest BCUT2D eigenvalue weighted by Gasteiger charge is 2.50. The van der Waals surface area contributed by atoms with E-state index in [0.29, 0.717) is 6.42 Å². The summed E-state index contributed by atoms with van der Waals surface area (Å²) in [7, 11) is 0. The van der Waals surface area contributed by atoms with Crippen LogP contribution in [-0.4, -0.2) is 94.0 Å². The van der Waals surface area contributed by atoms with Crippen LogP contribution in [0.4, 0.5) is 0 Å². The number of ether oxygens (including phenoxy) is 3. The van der Waals surface area contributed by atoms with Gasteiger partial charge >= 0.3 is 0 Å². The van der Waals surface area contributed by atoms with Gasteiger partial charge in [-0.3, -0.25) is 9.59 Å². The van der Waals surface area contributed by atoms with E-state index in [2.05, 4.69) is 10.6 Å². The van der Waals surface area contributed by atoms with Crippen LogP contribution in [0.1, 0.15) is 34.1 Å². The summed E-state index contributed by atoms with van der Waals surface area (Å²) in [5.74, 6) is -1.37. The molecule has 0 spiro atoms. The van der Waals surface area contributed by atoms with Gasteiger partial charge in [-0.05, 0) is 6.42 Å². The predicted octanol–water partition coefficient (Wildman–Crippen LogP) is -2.42. The monoisotopic (exact) mass is 420 g/mol. The minimum Gasteiger partial charge on any atom is -0.394 e. The van der Waals surface area contributed by atoms with Crippen LogP contribution in [0, 0.1) is 5.92 Å². The smallest absolute Gasteiger partial charge is 0.217 e. The molecule has 2 rings (SSSR count). The topological polar surface area (TPSA) is 167 Å². The van der Waals surface area contributed by atoms with Crippen LogP contribution in [-0.2, 0) is 23.8 Å². The highest BCUT2D eigenvalue weighted by molar-refractivity contribution is 5.73. The van der Waals surface area contributed by atoms with Gasteiger partial charge < -0.3 is 45.3 Å². The predicted molar refractivity (Wildman–Crippen MR) is 98.2 cm³/mol. The summed E-state index contributed by atoms with van der Waals surface area (Å²) < 4.78 is 17.2. The molecule has 0 aromatic heterocycles. The lowest BCUT2D eigenvalue weighted by molar-refractivity contribution is -0.320. The molecule has 0 aromatic carbocycles. The summed E-state index contributed by atoms with van der Waals surface area (Å²) >= 11 is 0. The number of carbonyl (C=O) groups is 2. The number of aliphatic hydroxyl groups excluding tert-OH is 4. The number of aliphatic hydroxyl groups is 4. The number of nitrogens with one attached hydrogen (secondary N) is 2. The Labute approximate surface area is 169 Å². The molecule has 2 heterocycles. The third-order valence-corrected chi connectivity index (χ3v) is 5.40. The lowest BCUT2D eigenvalue weighted by Gasteiger charge is -2.48. The zero-order chi connectivity index (χ0) is 21.9. The van der Waals surface area contributed by atoms with Crippen molar-refractivity contribution in [3.63, 3.8) is 0 Å². The second kappa shape index (κ2) is 10.1. The molecular formula is C18H32N2O9. The van der Waals surface area contributed by atoms with Crippen molar-refractivity contribution in [1.82, 2.24) is 10.6 Å². The lowest BCUT2D eigenvalue weighted by Crippen LogP contribution is -2.67. The summed E-state index contributed by atoms with van der Waals surface area (Å²) in [4.78, 5) is 23.0. The summed E-state index contributed by atoms with van der Waals surface area (Å²) in [6.45, 7) is 5.58. The van der Waals surface area contributed by atoms with Crippen molar-refractivity contribution in [3.8, 4) is 0 Å². The van der Waals surface area contributed by atoms with Crippen molar-refractivity contribution in [1.29, 1.82) is 0 Å². The van der Waals surface area contributed by atoms with Gasteiger partial charge in [0, 0.05) is 19.8 Å². The molecule has 2 saturated heterocycles. The van der Waals surface area contributed by atoms with Crippen LogP contribution in [0.2, 0.25) is 0 Å². The zero-order valence-electron chi connectivity index (χ0n) is 17.0. The third kappa shape index (κ3) is 5.43. The van der Waals surface area contributed by atoms with E-state index in [4.69, 9.17) is 14.2 Å². The second-order valence-corrected chi connectivity index (χ2v) is 7.59. The summed E-state index contributed by atoms with van der Waals surface area (Å²) in [5, 5.41) is 46.1. The van der Waals surface area contributed by atoms with Crippen LogP contribution in [0.3, 0.4) is 0 Å². The molecule has 2 aliphatic heterocycles. The Kier molecular flexibility index (Phi) is 8.35. The molecule has 6 N–H and O–H groups in total. The van der Waals surface area contributed by atoms with Gasteiger partial charge in [0.2, 0.25) is 11.8 Å². The van der Waals surface area contributed by atoms with Crippen molar-refractivity contribution in [2.75, 3.05) is 6.61 Å². The average molecular weight is 420 g/mol. The summed E-state index contributed by atoms with van der Waals surface area (Å²) in [5.41, 5.74) is 0. The molecule has 11 heteroatoms. The minimum absolute atomic E-state index is 0.367. The molecule has 2 amide bonds. The fraction of sp³-hybridized carbons (Fsp3) is 0.889. The van der Waals surface area contributed by atoms with Crippen LogP contribution in [0.5, 0.6) is 0 Å². The first-order valence-electron chi connectivity index (χ1n) is 9.76. The molecule has 29 heavy (non-hydrogen) atoms. The maximum absolute atomic E-state index is 11.6. The van der Waals surface area contributed by atoms with Gasteiger partial charge in [-0.15, -0.1) is 0 Å². The molecule has 2 aliphatic rings. The second-order valence-electron chi connectivity index (χ2n) is 7.59. The Balaban J connectivity index is 2.26. The van der Waals surface area contributed by atoms with Gasteiger partial charge in [-0.25, -0.2) is 0 Å². The van der Waals surface area contributed by atoms with E-state index < -0.39 is 72.9 Å². The highest BCUT2D eigenvalue weighted by atomic mass is 16.7. The van der Waals surface area contributed by atoms with E-state index in [-0.39, 0.29) is 6.61 Å². The number of hydrogen-bond donors (Lipinski definition) is 6. The van der Waals surface area contributed by atoms with Crippen molar-refractivity contribution >= 4 is 11.8 Å². The average Bonchev–Trinajstić information content (AvgIpc) is 2.65. The number of hydrogen-bond acceptors (Lipinski definition) is 9. The van der Waals surface area contributed by atoms with Crippen molar-refractivity contribution in [2.24, 2.45) is 5.92 Å². The van der Waals surface area contributed by atoms with E-state index in [1.807, 2.05) is 0 Å². The van der Waals surface area contributed by atoms with Gasteiger partial charge in [0.1, 0.15) is 24.3 Å². The van der Waals surface area contributed by atoms with Gasteiger partial charge in [-0.2, -0.15) is 0 Å². The van der Waals surface area contributed by atoms with Crippen LogP contribution < -0.4 is 10.6 Å². The van der Waals surface area contributed by atoms with E-state index in [1.165, 1.54) is 13.8 Å². The molecule has 0 aromatic rings. The number of amides is 2. The van der Waals surface area contributed by atoms with Crippen molar-refractivity contribution in [2.45, 2.75) is 89.3 Å². The standard InChI is InChI=1S/C18H32N2O9/c1-5-10-16(15(25)12(17(26)27-10)19-8(3)22)29-18-13(20-9(4)23)14(24)7(2)11(6-21)28-18/h7,10-18,21,24-26H,5-6H2,1-4H3,(H,19,22)(H,20,23)/t7-,10?,11+,12+,13?,14?,15-,16?,17?,18?/m1/s1. The molecule has 0 bridgehead atoms. The maximum Gasteiger partial charge on any atom is 0.217 e. The van der Waals surface area contributed by atoms with Crippen LogP contribution in [0.25, 0.3) is 0 Å². The Hall–Kier alpha value is -1.34. The van der Waals surface area contributed by atoms with Crippen LogP contribution in [0.15, 0.2) is 0 Å². The van der Waals surface area contributed by atoms with Crippen molar-refractivity contribution < 1.29 is 44.2 Å². The first-order chi connectivity index (χ1) is 13.6. The van der Waals surface area contributed by atoms with E-state index in [9.17, 15) is 30.0 Å². The Bertz CT molecular complexity index is 578. The Morgan fingerprint density at radius 1 is 0.966 bits per heavy atom. The molecule has 168 valence electrons. The molecule has 10 atom stereocenters. The normalized spacial score (nSPS) is 42.9. The molecule has 0 radical (unpaired) electrons. The van der Waals surface area contributed by atoms with Crippen LogP contribution >= 0.6 is 0 Å². The summed E-state index contributed by atoms with van der Waals surface area (Å²) in [6.07, 6.45) is -7.23. The van der Waals surface area contributed by atoms with E-state index >= 15 is 0 Å². The molecule has 2 fully saturated rings. The Morgan fingerprint density at radius 3 is 2.07 bits per heavy atom. The molecule has 6 unspecified atom stereocenters. The maximum atomic E-state index is 11.6. The first kappa shape index (κ1) is 23.9. The molecule has 11 nitrogen and oxygen atoms in total. The molecule has 0 saturated carbocycles. The SMILES string of the molecule is CCC1OC(O)[C@@H](NC(C)=O)[C@@H](O)C1OC1O[C@@H](CO)[C@@H](C)C(O)C1NC(C)=O. The van der Waals surface area contributed by atoms with E-state index in [1.54, 1.807) is 13.8 Å². The summed E-state index contributed by atoms with van der Waals surface area (Å²) in [6, 6.07) is -2.10. The number of carbonyl (C=O) groups excluding carboxylic acids is 2. The van der Waals surface area contributed by atoms with Gasteiger partial charge in [0.25, 0.3) is 0 Å². The van der Waals surface area contributed by atoms with Crippen molar-refractivity contribution in [3.05, 3.63) is 0 Å². The zero-order valence-corrected chi connectivity index (χ0v) is 17.0. The largest absolute Gasteiger partial charge is 0.394 e. The molecular weight excluding hydrogens is 388 g/mol. The third-order valence-electron chi connectivity index (χ3n) is 5.40. The first-order valence-corrected chi connectivity index (χ1v) is 9.76. The van der Waals surface area contributed by atoms with Gasteiger partial charge in [-0.1, -0.05) is 13.8 Å². The lowest BCUT2D eigenvalue weighted by atomic mass is 9.89. The van der Waals surface area contributed by atoms with Gasteiger partial charge in [0.15, 0.2) is 12.6 Å². The fourth-order valence-electron chi connectivity index (χ4n) is 3.78.